The third-order valence-electron chi connectivity index (χ3n) is 4.80. The number of aliphatic hydroxyl groups excluding tert-OH is 2. The van der Waals surface area contributed by atoms with Crippen molar-refractivity contribution in [3.05, 3.63) is 73.8 Å². The standard InChI is InChI=1S/2C15H23NO3/c2*1-4-9-18-14-7-5-6-8-15(14)19-11-13(17)10-16-12(2)3/h2*4-8,12-13,16-17H,1,9-11H2,2-3H3. The highest BCUT2D eigenvalue weighted by Crippen LogP contribution is 2.27. The Balaban J connectivity index is 0.000000380. The van der Waals surface area contributed by atoms with Gasteiger partial charge in [0.05, 0.1) is 0 Å². The molecule has 0 aliphatic carbocycles. The van der Waals surface area contributed by atoms with Crippen LogP contribution in [0.1, 0.15) is 27.7 Å². The lowest BCUT2D eigenvalue weighted by Gasteiger charge is -2.16. The molecule has 0 radical (unpaired) electrons. The predicted octanol–water partition coefficient (Wildman–Crippen LogP) is 3.98. The second kappa shape index (κ2) is 20.0. The van der Waals surface area contributed by atoms with E-state index >= 15 is 0 Å². The Hall–Kier alpha value is -3.04. The molecule has 8 nitrogen and oxygen atoms in total. The number of para-hydroxylation sites is 4. The topological polar surface area (TPSA) is 101 Å². The summed E-state index contributed by atoms with van der Waals surface area (Å²) >= 11 is 0. The first kappa shape index (κ1) is 33.0. The molecule has 4 N–H and O–H groups in total. The van der Waals surface area contributed by atoms with Crippen LogP contribution in [0.15, 0.2) is 73.8 Å². The summed E-state index contributed by atoms with van der Waals surface area (Å²) in [5, 5.41) is 25.9. The fraction of sp³-hybridized carbons (Fsp3) is 0.467. The molecule has 0 saturated carbocycles. The highest BCUT2D eigenvalue weighted by atomic mass is 16.5. The molecule has 0 saturated heterocycles. The maximum atomic E-state index is 9.78. The summed E-state index contributed by atoms with van der Waals surface area (Å²) < 4.78 is 22.1. The first-order valence-corrected chi connectivity index (χ1v) is 13.0. The first-order valence-electron chi connectivity index (χ1n) is 13.0. The minimum atomic E-state index is -0.546. The van der Waals surface area contributed by atoms with Gasteiger partial charge >= 0.3 is 0 Å². The molecule has 212 valence electrons. The van der Waals surface area contributed by atoms with Gasteiger partial charge in [0.15, 0.2) is 23.0 Å². The SMILES string of the molecule is C=CCOc1ccccc1OCC(O)CNC(C)C.C=CCOc1ccccc1OCC(O)CNC(C)C. The fourth-order valence-corrected chi connectivity index (χ4v) is 2.91. The van der Waals surface area contributed by atoms with Crippen molar-refractivity contribution in [1.82, 2.24) is 10.6 Å². The van der Waals surface area contributed by atoms with Crippen LogP contribution in [0.2, 0.25) is 0 Å². The van der Waals surface area contributed by atoms with Crippen LogP contribution in [0.25, 0.3) is 0 Å². The molecule has 0 heterocycles. The molecule has 0 bridgehead atoms. The van der Waals surface area contributed by atoms with Gasteiger partial charge in [0.2, 0.25) is 0 Å². The number of benzene rings is 2. The van der Waals surface area contributed by atoms with Crippen molar-refractivity contribution in [3.63, 3.8) is 0 Å². The third kappa shape index (κ3) is 15.3. The summed E-state index contributed by atoms with van der Waals surface area (Å²) in [6, 6.07) is 15.5. The van der Waals surface area contributed by atoms with Gasteiger partial charge in [-0.25, -0.2) is 0 Å². The van der Waals surface area contributed by atoms with Crippen LogP contribution in [-0.2, 0) is 0 Å². The molecule has 0 aliphatic heterocycles. The first-order chi connectivity index (χ1) is 18.3. The van der Waals surface area contributed by atoms with Crippen LogP contribution in [0, 0.1) is 0 Å². The zero-order valence-electron chi connectivity index (χ0n) is 23.3. The van der Waals surface area contributed by atoms with Gasteiger partial charge in [0.25, 0.3) is 0 Å². The van der Waals surface area contributed by atoms with Crippen LogP contribution in [0.4, 0.5) is 0 Å². The van der Waals surface area contributed by atoms with E-state index in [1.165, 1.54) is 0 Å². The van der Waals surface area contributed by atoms with Gasteiger partial charge < -0.3 is 39.8 Å². The molecule has 0 amide bonds. The fourth-order valence-electron chi connectivity index (χ4n) is 2.91. The van der Waals surface area contributed by atoms with E-state index in [-0.39, 0.29) is 13.2 Å². The van der Waals surface area contributed by atoms with Gasteiger partial charge in [-0.2, -0.15) is 0 Å². The Morgan fingerprint density at radius 1 is 0.632 bits per heavy atom. The largest absolute Gasteiger partial charge is 0.487 e. The van der Waals surface area contributed by atoms with Crippen LogP contribution in [0.3, 0.4) is 0 Å². The van der Waals surface area contributed by atoms with Crippen molar-refractivity contribution in [2.24, 2.45) is 0 Å². The molecule has 8 heteroatoms. The van der Waals surface area contributed by atoms with Crippen molar-refractivity contribution in [2.45, 2.75) is 52.0 Å². The number of nitrogens with one attached hydrogen (secondary N) is 2. The zero-order valence-corrected chi connectivity index (χ0v) is 23.3. The molecule has 38 heavy (non-hydrogen) atoms. The smallest absolute Gasteiger partial charge is 0.161 e. The van der Waals surface area contributed by atoms with Crippen LogP contribution < -0.4 is 29.6 Å². The van der Waals surface area contributed by atoms with Crippen molar-refractivity contribution < 1.29 is 29.2 Å². The minimum absolute atomic E-state index is 0.230. The molecule has 0 fully saturated rings. The lowest BCUT2D eigenvalue weighted by atomic mass is 10.3. The van der Waals surface area contributed by atoms with Gasteiger partial charge in [-0.15, -0.1) is 0 Å². The second-order valence-corrected chi connectivity index (χ2v) is 9.15. The summed E-state index contributed by atoms with van der Waals surface area (Å²) in [4.78, 5) is 0. The average Bonchev–Trinajstić information content (AvgIpc) is 2.91. The third-order valence-corrected chi connectivity index (χ3v) is 4.80. The molecule has 2 atom stereocenters. The Morgan fingerprint density at radius 2 is 0.947 bits per heavy atom. The van der Waals surface area contributed by atoms with Crippen molar-refractivity contribution >= 4 is 0 Å². The maximum Gasteiger partial charge on any atom is 0.161 e. The lowest BCUT2D eigenvalue weighted by molar-refractivity contribution is 0.102. The molecule has 2 rings (SSSR count). The van der Waals surface area contributed by atoms with E-state index in [0.717, 1.165) is 0 Å². The van der Waals surface area contributed by atoms with Gasteiger partial charge in [0, 0.05) is 25.2 Å². The normalized spacial score (nSPS) is 12.2. The molecular weight excluding hydrogens is 484 g/mol. The summed E-state index contributed by atoms with van der Waals surface area (Å²) in [7, 11) is 0. The Kier molecular flexibility index (Phi) is 17.4. The number of hydrogen-bond donors (Lipinski definition) is 4. The Bertz CT molecular complexity index is 832. The van der Waals surface area contributed by atoms with E-state index in [2.05, 4.69) is 23.8 Å². The van der Waals surface area contributed by atoms with Gasteiger partial charge in [0.1, 0.15) is 38.6 Å². The van der Waals surface area contributed by atoms with Crippen molar-refractivity contribution in [1.29, 1.82) is 0 Å². The minimum Gasteiger partial charge on any atom is -0.487 e. The number of ether oxygens (including phenoxy) is 4. The highest BCUT2D eigenvalue weighted by molar-refractivity contribution is 5.40. The van der Waals surface area contributed by atoms with E-state index in [9.17, 15) is 10.2 Å². The predicted molar refractivity (Wildman–Crippen MR) is 154 cm³/mol. The molecule has 0 aliphatic rings. The quantitative estimate of drug-likeness (QED) is 0.215. The van der Waals surface area contributed by atoms with Crippen molar-refractivity contribution in [2.75, 3.05) is 39.5 Å². The number of hydrogen-bond acceptors (Lipinski definition) is 8. The van der Waals surface area contributed by atoms with Crippen molar-refractivity contribution in [3.8, 4) is 23.0 Å². The van der Waals surface area contributed by atoms with E-state index in [1.54, 1.807) is 12.2 Å². The van der Waals surface area contributed by atoms with E-state index < -0.39 is 12.2 Å². The summed E-state index contributed by atoms with van der Waals surface area (Å²) in [6.45, 7) is 17.7. The van der Waals surface area contributed by atoms with E-state index in [1.807, 2.05) is 76.2 Å². The van der Waals surface area contributed by atoms with E-state index in [0.29, 0.717) is 61.4 Å². The van der Waals surface area contributed by atoms with Gasteiger partial charge in [-0.1, -0.05) is 77.3 Å². The molecular formula is C30H46N2O6. The summed E-state index contributed by atoms with van der Waals surface area (Å²) in [5.74, 6) is 2.58. The number of rotatable bonds is 18. The van der Waals surface area contributed by atoms with Gasteiger partial charge in [-0.05, 0) is 24.3 Å². The summed E-state index contributed by atoms with van der Waals surface area (Å²) in [5.41, 5.74) is 0. The molecule has 2 unspecified atom stereocenters. The Labute approximate surface area is 228 Å². The zero-order chi connectivity index (χ0) is 28.2. The van der Waals surface area contributed by atoms with E-state index in [4.69, 9.17) is 18.9 Å². The van der Waals surface area contributed by atoms with Crippen LogP contribution in [0.5, 0.6) is 23.0 Å². The summed E-state index contributed by atoms with van der Waals surface area (Å²) in [6.07, 6.45) is 2.26. The van der Waals surface area contributed by atoms with Crippen LogP contribution >= 0.6 is 0 Å². The Morgan fingerprint density at radius 3 is 1.24 bits per heavy atom. The molecule has 0 aromatic heterocycles. The lowest BCUT2D eigenvalue weighted by Crippen LogP contribution is -2.35. The number of aliphatic hydroxyl groups is 2. The molecule has 2 aromatic rings. The highest BCUT2D eigenvalue weighted by Gasteiger charge is 2.10. The maximum absolute atomic E-state index is 9.78. The van der Waals surface area contributed by atoms with Crippen LogP contribution in [-0.4, -0.2) is 74.0 Å². The monoisotopic (exact) mass is 530 g/mol. The average molecular weight is 531 g/mol. The van der Waals surface area contributed by atoms with Gasteiger partial charge in [-0.3, -0.25) is 0 Å². The molecule has 0 spiro atoms. The molecule has 2 aromatic carbocycles. The second-order valence-electron chi connectivity index (χ2n) is 9.15.